The second-order valence-corrected chi connectivity index (χ2v) is 7.92. The lowest BCUT2D eigenvalue weighted by molar-refractivity contribution is -0.0209. The summed E-state index contributed by atoms with van der Waals surface area (Å²) in [6.07, 6.45) is 0.523. The zero-order chi connectivity index (χ0) is 19.8. The molecule has 0 N–H and O–H groups in total. The molecule has 3 aromatic rings. The molecular formula is C23H22N2O3S. The predicted molar refractivity (Wildman–Crippen MR) is 114 cm³/mol. The van der Waals surface area contributed by atoms with Crippen molar-refractivity contribution in [1.82, 2.24) is 5.01 Å². The number of nitrogens with zero attached hydrogens (tertiary/aromatic N) is 2. The average Bonchev–Trinajstić information content (AvgIpc) is 3.43. The Morgan fingerprint density at radius 2 is 2.00 bits per heavy atom. The van der Waals surface area contributed by atoms with Crippen LogP contribution < -0.4 is 14.2 Å². The largest absolute Gasteiger partial charge is 0.494 e. The van der Waals surface area contributed by atoms with Gasteiger partial charge in [-0.15, -0.1) is 11.3 Å². The number of hydrogen-bond acceptors (Lipinski definition) is 6. The Balaban J connectivity index is 1.57. The molecule has 0 unspecified atom stereocenters. The van der Waals surface area contributed by atoms with E-state index in [1.165, 1.54) is 4.88 Å². The van der Waals surface area contributed by atoms with Crippen molar-refractivity contribution in [2.24, 2.45) is 5.10 Å². The highest BCUT2D eigenvalue weighted by Gasteiger charge is 2.42. The number of hydrazone groups is 1. The number of fused-ring (bicyclic) bond motifs is 3. The molecule has 0 saturated carbocycles. The molecule has 1 aromatic heterocycles. The molecule has 0 radical (unpaired) electrons. The van der Waals surface area contributed by atoms with Crippen molar-refractivity contribution < 1.29 is 14.2 Å². The van der Waals surface area contributed by atoms with E-state index >= 15 is 0 Å². The zero-order valence-electron chi connectivity index (χ0n) is 16.4. The zero-order valence-corrected chi connectivity index (χ0v) is 17.2. The van der Waals surface area contributed by atoms with Crippen LogP contribution in [0.1, 0.15) is 41.6 Å². The van der Waals surface area contributed by atoms with Gasteiger partial charge in [-0.2, -0.15) is 5.10 Å². The van der Waals surface area contributed by atoms with Crippen molar-refractivity contribution in [1.29, 1.82) is 0 Å². The highest BCUT2D eigenvalue weighted by Crippen LogP contribution is 2.50. The fraction of sp³-hybridized carbons (Fsp3) is 0.261. The Morgan fingerprint density at radius 1 is 1.14 bits per heavy atom. The van der Waals surface area contributed by atoms with Gasteiger partial charge in [-0.1, -0.05) is 18.2 Å². The Labute approximate surface area is 174 Å². The van der Waals surface area contributed by atoms with Crippen LogP contribution in [0.2, 0.25) is 0 Å². The lowest BCUT2D eigenvalue weighted by Crippen LogP contribution is -2.33. The Kier molecular flexibility index (Phi) is 4.64. The molecule has 0 spiro atoms. The fourth-order valence-electron chi connectivity index (χ4n) is 3.95. The van der Waals surface area contributed by atoms with Gasteiger partial charge in [-0.25, -0.2) is 5.01 Å². The minimum absolute atomic E-state index is 0.113. The number of rotatable bonds is 5. The van der Waals surface area contributed by atoms with Crippen molar-refractivity contribution in [2.75, 3.05) is 13.7 Å². The Morgan fingerprint density at radius 3 is 2.72 bits per heavy atom. The molecule has 5 rings (SSSR count). The smallest absolute Gasteiger partial charge is 0.214 e. The molecule has 2 aromatic carbocycles. The number of para-hydroxylation sites is 1. The molecule has 5 nitrogen and oxygen atoms in total. The van der Waals surface area contributed by atoms with Crippen LogP contribution in [-0.2, 0) is 0 Å². The molecule has 0 bridgehead atoms. The quantitative estimate of drug-likeness (QED) is 0.569. The molecule has 29 heavy (non-hydrogen) atoms. The summed E-state index contributed by atoms with van der Waals surface area (Å²) in [6, 6.07) is 18.4. The van der Waals surface area contributed by atoms with Gasteiger partial charge in [0.25, 0.3) is 0 Å². The molecule has 148 valence electrons. The monoisotopic (exact) mass is 406 g/mol. The van der Waals surface area contributed by atoms with Crippen LogP contribution >= 0.6 is 11.3 Å². The summed E-state index contributed by atoms with van der Waals surface area (Å²) in [5, 5.41) is 9.17. The van der Waals surface area contributed by atoms with Gasteiger partial charge < -0.3 is 14.2 Å². The van der Waals surface area contributed by atoms with Gasteiger partial charge in [0.05, 0.1) is 30.3 Å². The normalized spacial score (nSPS) is 19.8. The standard InChI is InChI=1S/C23H22N2O3S/c1-3-27-16-11-9-15(10-12-16)23-25-19(14-18(24-25)21-8-5-13-29-21)17-6-4-7-20(26-2)22(17)28-23/h4-13,19,23H,3,14H2,1-2H3/t19-,23+/m0/s1. The summed E-state index contributed by atoms with van der Waals surface area (Å²) >= 11 is 1.72. The Hall–Kier alpha value is -2.99. The van der Waals surface area contributed by atoms with Crippen molar-refractivity contribution in [3.8, 4) is 17.2 Å². The maximum absolute atomic E-state index is 6.48. The molecule has 2 aliphatic rings. The lowest BCUT2D eigenvalue weighted by Gasteiger charge is -2.38. The number of ether oxygens (including phenoxy) is 3. The van der Waals surface area contributed by atoms with Crippen molar-refractivity contribution in [2.45, 2.75) is 25.6 Å². The van der Waals surface area contributed by atoms with Gasteiger partial charge in [-0.05, 0) is 48.7 Å². The molecule has 6 heteroatoms. The number of hydrogen-bond donors (Lipinski definition) is 0. The topological polar surface area (TPSA) is 43.3 Å². The summed E-state index contributed by atoms with van der Waals surface area (Å²) in [5.74, 6) is 2.41. The van der Waals surface area contributed by atoms with Crippen molar-refractivity contribution >= 4 is 17.0 Å². The van der Waals surface area contributed by atoms with E-state index < -0.39 is 0 Å². The minimum atomic E-state index is -0.322. The van der Waals surface area contributed by atoms with E-state index in [4.69, 9.17) is 19.3 Å². The van der Waals surface area contributed by atoms with E-state index in [0.717, 1.165) is 40.5 Å². The molecule has 0 amide bonds. The molecular weight excluding hydrogens is 384 g/mol. The summed E-state index contributed by atoms with van der Waals surface area (Å²) in [4.78, 5) is 1.20. The average molecular weight is 407 g/mol. The summed E-state index contributed by atoms with van der Waals surface area (Å²) in [6.45, 7) is 2.63. The second kappa shape index (κ2) is 7.44. The van der Waals surface area contributed by atoms with Crippen LogP contribution in [0, 0.1) is 0 Å². The lowest BCUT2D eigenvalue weighted by atomic mass is 9.97. The van der Waals surface area contributed by atoms with E-state index in [-0.39, 0.29) is 12.3 Å². The molecule has 0 saturated heterocycles. The molecule has 0 fully saturated rings. The van der Waals surface area contributed by atoms with Crippen LogP contribution in [0.25, 0.3) is 0 Å². The van der Waals surface area contributed by atoms with Crippen LogP contribution in [0.5, 0.6) is 17.2 Å². The van der Waals surface area contributed by atoms with Crippen LogP contribution in [-0.4, -0.2) is 24.4 Å². The van der Waals surface area contributed by atoms with Crippen LogP contribution in [0.15, 0.2) is 65.1 Å². The highest BCUT2D eigenvalue weighted by molar-refractivity contribution is 7.12. The van der Waals surface area contributed by atoms with Crippen molar-refractivity contribution in [3.05, 3.63) is 76.0 Å². The van der Waals surface area contributed by atoms with E-state index in [9.17, 15) is 0 Å². The van der Waals surface area contributed by atoms with E-state index in [0.29, 0.717) is 6.61 Å². The molecule has 3 heterocycles. The first kappa shape index (κ1) is 18.1. The van der Waals surface area contributed by atoms with Crippen molar-refractivity contribution in [3.63, 3.8) is 0 Å². The first-order chi connectivity index (χ1) is 14.3. The van der Waals surface area contributed by atoms with Gasteiger partial charge in [0.1, 0.15) is 5.75 Å². The number of thiophene rings is 1. The van der Waals surface area contributed by atoms with E-state index in [1.54, 1.807) is 18.4 Å². The fourth-order valence-corrected chi connectivity index (χ4v) is 4.67. The van der Waals surface area contributed by atoms with Gasteiger partial charge in [0.2, 0.25) is 6.23 Å². The maximum Gasteiger partial charge on any atom is 0.214 e. The van der Waals surface area contributed by atoms with Gasteiger partial charge >= 0.3 is 0 Å². The summed E-state index contributed by atoms with van der Waals surface area (Å²) in [7, 11) is 1.68. The first-order valence-electron chi connectivity index (χ1n) is 9.74. The molecule has 0 aliphatic carbocycles. The van der Waals surface area contributed by atoms with Crippen LogP contribution in [0.4, 0.5) is 0 Å². The Bertz CT molecular complexity index is 1030. The molecule has 2 atom stereocenters. The number of methoxy groups -OCH3 is 1. The number of benzene rings is 2. The van der Waals surface area contributed by atoms with Crippen LogP contribution in [0.3, 0.4) is 0 Å². The summed E-state index contributed by atoms with van der Waals surface area (Å²) in [5.41, 5.74) is 3.24. The van der Waals surface area contributed by atoms with Gasteiger partial charge in [0, 0.05) is 17.5 Å². The first-order valence-corrected chi connectivity index (χ1v) is 10.6. The van der Waals surface area contributed by atoms with E-state index in [1.807, 2.05) is 43.3 Å². The SMILES string of the molecule is CCOc1ccc([C@H]2Oc3c(OC)cccc3[C@@H]3CC(c4cccs4)=NN23)cc1. The minimum Gasteiger partial charge on any atom is -0.494 e. The third-order valence-corrected chi connectivity index (χ3v) is 6.20. The third kappa shape index (κ3) is 3.13. The predicted octanol–water partition coefficient (Wildman–Crippen LogP) is 5.40. The van der Waals surface area contributed by atoms with Gasteiger partial charge in [-0.3, -0.25) is 0 Å². The third-order valence-electron chi connectivity index (χ3n) is 5.28. The maximum atomic E-state index is 6.48. The highest BCUT2D eigenvalue weighted by atomic mass is 32.1. The van der Waals surface area contributed by atoms with E-state index in [2.05, 4.69) is 28.6 Å². The second-order valence-electron chi connectivity index (χ2n) is 6.97. The summed E-state index contributed by atoms with van der Waals surface area (Å²) < 4.78 is 17.7. The molecule has 2 aliphatic heterocycles. The van der Waals surface area contributed by atoms with Gasteiger partial charge in [0.15, 0.2) is 11.5 Å².